The Hall–Kier alpha value is -1.55. The minimum Gasteiger partial charge on any atom is -0.376 e. The Bertz CT molecular complexity index is 450. The molecule has 0 aliphatic heterocycles. The molecule has 4 heteroatoms. The zero-order valence-electron chi connectivity index (χ0n) is 8.31. The van der Waals surface area contributed by atoms with E-state index in [0.29, 0.717) is 0 Å². The van der Waals surface area contributed by atoms with Gasteiger partial charge in [-0.3, -0.25) is 0 Å². The number of aliphatic hydroxyl groups excluding tert-OH is 1. The van der Waals surface area contributed by atoms with Gasteiger partial charge in [0.05, 0.1) is 17.4 Å². The van der Waals surface area contributed by atoms with Crippen molar-refractivity contribution in [2.45, 2.75) is 0 Å². The second-order valence-electron chi connectivity index (χ2n) is 3.37. The van der Waals surface area contributed by atoms with E-state index in [0.717, 1.165) is 16.7 Å². The van der Waals surface area contributed by atoms with Gasteiger partial charge in [-0.1, -0.05) is 0 Å². The minimum absolute atomic E-state index is 0.0122. The van der Waals surface area contributed by atoms with Gasteiger partial charge < -0.3 is 14.6 Å². The second kappa shape index (κ2) is 3.31. The Morgan fingerprint density at radius 1 is 1.50 bits per heavy atom. The van der Waals surface area contributed by atoms with Gasteiger partial charge in [0.1, 0.15) is 6.73 Å². The maximum atomic E-state index is 8.97. The highest BCUT2D eigenvalue weighted by atomic mass is 16.3. The molecule has 1 aromatic carbocycles. The summed E-state index contributed by atoms with van der Waals surface area (Å²) >= 11 is 0. The van der Waals surface area contributed by atoms with Gasteiger partial charge in [0, 0.05) is 19.8 Å². The fourth-order valence-electron chi connectivity index (χ4n) is 1.44. The molecule has 0 amide bonds. The van der Waals surface area contributed by atoms with E-state index in [2.05, 4.69) is 4.98 Å². The lowest BCUT2D eigenvalue weighted by atomic mass is 10.2. The van der Waals surface area contributed by atoms with Gasteiger partial charge in [0.2, 0.25) is 0 Å². The van der Waals surface area contributed by atoms with Crippen LogP contribution in [0.15, 0.2) is 24.5 Å². The minimum atomic E-state index is 0.0122. The number of fused-ring (bicyclic) bond motifs is 1. The molecule has 0 aliphatic rings. The van der Waals surface area contributed by atoms with Crippen molar-refractivity contribution >= 4 is 16.7 Å². The maximum absolute atomic E-state index is 8.97. The van der Waals surface area contributed by atoms with Gasteiger partial charge in [-0.05, 0) is 18.2 Å². The van der Waals surface area contributed by atoms with E-state index in [1.54, 1.807) is 11.2 Å². The number of imidazole rings is 1. The Balaban J connectivity index is 2.52. The number of hydrogen-bond donors (Lipinski definition) is 1. The molecule has 0 saturated heterocycles. The predicted molar refractivity (Wildman–Crippen MR) is 56.2 cm³/mol. The Morgan fingerprint density at radius 2 is 2.29 bits per heavy atom. The van der Waals surface area contributed by atoms with Gasteiger partial charge in [-0.2, -0.15) is 0 Å². The molecule has 4 nitrogen and oxygen atoms in total. The largest absolute Gasteiger partial charge is 0.376 e. The van der Waals surface area contributed by atoms with Gasteiger partial charge in [-0.15, -0.1) is 0 Å². The van der Waals surface area contributed by atoms with Crippen LogP contribution in [0.2, 0.25) is 0 Å². The third-order valence-electron chi connectivity index (χ3n) is 2.36. The normalized spacial score (nSPS) is 10.8. The number of hydrogen-bond acceptors (Lipinski definition) is 3. The van der Waals surface area contributed by atoms with Crippen LogP contribution >= 0.6 is 0 Å². The zero-order valence-corrected chi connectivity index (χ0v) is 8.31. The first-order valence-corrected chi connectivity index (χ1v) is 4.45. The molecule has 74 valence electrons. The summed E-state index contributed by atoms with van der Waals surface area (Å²) in [6, 6.07) is 5.94. The number of aromatic nitrogens is 2. The van der Waals surface area contributed by atoms with Crippen LogP contribution in [-0.4, -0.2) is 28.4 Å². The van der Waals surface area contributed by atoms with Crippen molar-refractivity contribution in [1.82, 2.24) is 9.55 Å². The molecule has 2 aromatic rings. The highest BCUT2D eigenvalue weighted by Crippen LogP contribution is 2.19. The van der Waals surface area contributed by atoms with E-state index in [1.165, 1.54) is 0 Å². The summed E-state index contributed by atoms with van der Waals surface area (Å²) in [5.74, 6) is 0. The molecule has 0 spiro atoms. The topological polar surface area (TPSA) is 41.3 Å². The Labute approximate surface area is 82.4 Å². The predicted octanol–water partition coefficient (Wildman–Crippen LogP) is 0.959. The summed E-state index contributed by atoms with van der Waals surface area (Å²) in [4.78, 5) is 6.01. The fraction of sp³-hybridized carbons (Fsp3) is 0.300. The van der Waals surface area contributed by atoms with E-state index < -0.39 is 0 Å². The summed E-state index contributed by atoms with van der Waals surface area (Å²) in [6.45, 7) is 0.0122. The van der Waals surface area contributed by atoms with Crippen LogP contribution in [0.1, 0.15) is 0 Å². The van der Waals surface area contributed by atoms with Crippen LogP contribution in [0.3, 0.4) is 0 Å². The van der Waals surface area contributed by atoms with Gasteiger partial charge in [-0.25, -0.2) is 4.98 Å². The van der Waals surface area contributed by atoms with Crippen LogP contribution < -0.4 is 4.90 Å². The molecule has 14 heavy (non-hydrogen) atoms. The van der Waals surface area contributed by atoms with Crippen molar-refractivity contribution in [3.8, 4) is 0 Å². The van der Waals surface area contributed by atoms with Crippen molar-refractivity contribution in [3.63, 3.8) is 0 Å². The molecular formula is C10H13N3O. The summed E-state index contributed by atoms with van der Waals surface area (Å²) in [5, 5.41) is 8.97. The summed E-state index contributed by atoms with van der Waals surface area (Å²) < 4.78 is 1.97. The quantitative estimate of drug-likeness (QED) is 0.719. The highest BCUT2D eigenvalue weighted by Gasteiger charge is 2.03. The van der Waals surface area contributed by atoms with E-state index in [9.17, 15) is 0 Å². The van der Waals surface area contributed by atoms with Gasteiger partial charge >= 0.3 is 0 Å². The smallest absolute Gasteiger partial charge is 0.115 e. The third-order valence-corrected chi connectivity index (χ3v) is 2.36. The van der Waals surface area contributed by atoms with Crippen LogP contribution in [0.25, 0.3) is 11.0 Å². The second-order valence-corrected chi connectivity index (χ2v) is 3.37. The number of rotatable bonds is 2. The van der Waals surface area contributed by atoms with Crippen molar-refractivity contribution in [2.75, 3.05) is 18.7 Å². The molecule has 1 heterocycles. The van der Waals surface area contributed by atoms with Crippen molar-refractivity contribution < 1.29 is 5.11 Å². The molecular weight excluding hydrogens is 178 g/mol. The average Bonchev–Trinajstić information content (AvgIpc) is 2.59. The summed E-state index contributed by atoms with van der Waals surface area (Å²) in [7, 11) is 3.80. The molecule has 1 N–H and O–H groups in total. The Morgan fingerprint density at radius 3 is 3.00 bits per heavy atom. The van der Waals surface area contributed by atoms with E-state index >= 15 is 0 Å². The molecule has 0 bridgehead atoms. The third kappa shape index (κ3) is 1.33. The monoisotopic (exact) mass is 191 g/mol. The Kier molecular flexibility index (Phi) is 2.13. The maximum Gasteiger partial charge on any atom is 0.115 e. The highest BCUT2D eigenvalue weighted by molar-refractivity contribution is 5.79. The number of nitrogens with zero attached hydrogens (tertiary/aromatic N) is 3. The molecule has 0 radical (unpaired) electrons. The molecule has 0 fully saturated rings. The molecule has 0 unspecified atom stereocenters. The van der Waals surface area contributed by atoms with Crippen molar-refractivity contribution in [3.05, 3.63) is 24.5 Å². The lowest BCUT2D eigenvalue weighted by Gasteiger charge is -2.15. The number of benzene rings is 1. The van der Waals surface area contributed by atoms with Crippen molar-refractivity contribution in [1.29, 1.82) is 0 Å². The van der Waals surface area contributed by atoms with Crippen LogP contribution in [0.5, 0.6) is 0 Å². The number of anilines is 1. The van der Waals surface area contributed by atoms with E-state index in [-0.39, 0.29) is 6.73 Å². The zero-order chi connectivity index (χ0) is 10.1. The lowest BCUT2D eigenvalue weighted by Crippen LogP contribution is -2.17. The number of aliphatic hydroxyl groups is 1. The number of aryl methyl sites for hydroxylation is 1. The van der Waals surface area contributed by atoms with Crippen LogP contribution in [-0.2, 0) is 7.05 Å². The van der Waals surface area contributed by atoms with Crippen molar-refractivity contribution in [2.24, 2.45) is 7.05 Å². The van der Waals surface area contributed by atoms with Crippen LogP contribution in [0.4, 0.5) is 5.69 Å². The molecule has 1 aromatic heterocycles. The fourth-order valence-corrected chi connectivity index (χ4v) is 1.44. The van der Waals surface area contributed by atoms with Gasteiger partial charge in [0.15, 0.2) is 0 Å². The molecule has 0 aliphatic carbocycles. The first-order chi connectivity index (χ1) is 6.72. The summed E-state index contributed by atoms with van der Waals surface area (Å²) in [5.41, 5.74) is 3.02. The average molecular weight is 191 g/mol. The lowest BCUT2D eigenvalue weighted by molar-refractivity contribution is 0.298. The van der Waals surface area contributed by atoms with E-state index in [1.807, 2.05) is 36.9 Å². The molecule has 0 atom stereocenters. The first kappa shape index (κ1) is 9.02. The molecule has 2 rings (SSSR count). The first-order valence-electron chi connectivity index (χ1n) is 4.45. The van der Waals surface area contributed by atoms with Gasteiger partial charge in [0.25, 0.3) is 0 Å². The SMILES string of the molecule is CN(CO)c1ccc2c(c1)ncn2C. The molecule has 0 saturated carbocycles. The summed E-state index contributed by atoms with van der Waals surface area (Å²) in [6.07, 6.45) is 1.79. The van der Waals surface area contributed by atoms with Crippen LogP contribution in [0, 0.1) is 0 Å². The standard InChI is InChI=1S/C10H13N3O/c1-12-6-11-9-5-8(13(2)7-14)3-4-10(9)12/h3-6,14H,7H2,1-2H3. The van der Waals surface area contributed by atoms with E-state index in [4.69, 9.17) is 5.11 Å².